The second kappa shape index (κ2) is 10.2. The number of aromatic nitrogens is 3. The van der Waals surface area contributed by atoms with Gasteiger partial charge in [-0.15, -0.1) is 0 Å². The van der Waals surface area contributed by atoms with Gasteiger partial charge in [0, 0.05) is 36.7 Å². The second-order valence-corrected chi connectivity index (χ2v) is 8.77. The Morgan fingerprint density at radius 2 is 2.03 bits per heavy atom. The number of hydrogen-bond donors (Lipinski definition) is 4. The smallest absolute Gasteiger partial charge is 0.229 e. The predicted molar refractivity (Wildman–Crippen MR) is 135 cm³/mol. The van der Waals surface area contributed by atoms with E-state index in [2.05, 4.69) is 32.7 Å². The number of aromatic amines is 1. The lowest BCUT2D eigenvalue weighted by atomic mass is 10.00. The average molecular weight is 476 g/mol. The minimum atomic E-state index is -0.103. The highest BCUT2D eigenvalue weighted by molar-refractivity contribution is 5.97. The number of amides is 1. The number of nitrogens with zero attached hydrogens (tertiary/aromatic N) is 3. The van der Waals surface area contributed by atoms with Crippen LogP contribution in [-0.4, -0.2) is 66.3 Å². The summed E-state index contributed by atoms with van der Waals surface area (Å²) in [6, 6.07) is 11.7. The standard InChI is InChI=1S/C25H29N7O3/c1-16-14-35-11-9-32(16)23-12-20(21(13-26)24(30-23)29-22-6-8-27-31-22)17-2-4-19(5-3-17)28-25(33)18-7-10-34-15-18/h2-6,8,12-13,16,18,26H,7,9-11,14-15H2,1H3,(H,28,33)(H2,27,29,30,31)/t16-,18?/m1/s1. The van der Waals surface area contributed by atoms with E-state index in [0.717, 1.165) is 35.6 Å². The van der Waals surface area contributed by atoms with Crippen LogP contribution in [-0.2, 0) is 14.3 Å². The zero-order valence-corrected chi connectivity index (χ0v) is 19.6. The Bertz CT molecular complexity index is 1170. The van der Waals surface area contributed by atoms with Crippen molar-refractivity contribution in [1.82, 2.24) is 15.2 Å². The topological polar surface area (TPSA) is 128 Å². The maximum absolute atomic E-state index is 12.5. The zero-order chi connectivity index (χ0) is 24.2. The van der Waals surface area contributed by atoms with Gasteiger partial charge < -0.3 is 30.4 Å². The fourth-order valence-electron chi connectivity index (χ4n) is 4.41. The minimum Gasteiger partial charge on any atom is -0.381 e. The van der Waals surface area contributed by atoms with E-state index < -0.39 is 0 Å². The molecule has 1 aromatic carbocycles. The van der Waals surface area contributed by atoms with Gasteiger partial charge in [-0.3, -0.25) is 9.89 Å². The van der Waals surface area contributed by atoms with Crippen molar-refractivity contribution in [1.29, 1.82) is 5.41 Å². The van der Waals surface area contributed by atoms with Gasteiger partial charge in [0.25, 0.3) is 0 Å². The summed E-state index contributed by atoms with van der Waals surface area (Å²) < 4.78 is 10.9. The lowest BCUT2D eigenvalue weighted by Gasteiger charge is -2.35. The van der Waals surface area contributed by atoms with Crippen LogP contribution in [0.3, 0.4) is 0 Å². The molecule has 35 heavy (non-hydrogen) atoms. The number of hydrogen-bond acceptors (Lipinski definition) is 8. The number of carbonyl (C=O) groups excluding carboxylic acids is 1. The van der Waals surface area contributed by atoms with Gasteiger partial charge in [-0.1, -0.05) is 12.1 Å². The largest absolute Gasteiger partial charge is 0.381 e. The van der Waals surface area contributed by atoms with Gasteiger partial charge >= 0.3 is 0 Å². The first-order valence-corrected chi connectivity index (χ1v) is 11.8. The van der Waals surface area contributed by atoms with Crippen molar-refractivity contribution in [3.8, 4) is 11.1 Å². The van der Waals surface area contributed by atoms with Crippen LogP contribution in [0.2, 0.25) is 0 Å². The number of benzene rings is 1. The molecule has 0 radical (unpaired) electrons. The maximum Gasteiger partial charge on any atom is 0.229 e. The van der Waals surface area contributed by atoms with E-state index in [0.29, 0.717) is 43.6 Å². The number of pyridine rings is 1. The molecule has 2 aromatic heterocycles. The van der Waals surface area contributed by atoms with Gasteiger partial charge in [-0.05, 0) is 42.7 Å². The third-order valence-corrected chi connectivity index (χ3v) is 6.37. The zero-order valence-electron chi connectivity index (χ0n) is 19.6. The summed E-state index contributed by atoms with van der Waals surface area (Å²) in [4.78, 5) is 19.5. The second-order valence-electron chi connectivity index (χ2n) is 8.77. The molecule has 2 saturated heterocycles. The van der Waals surface area contributed by atoms with Crippen LogP contribution in [0.15, 0.2) is 42.6 Å². The average Bonchev–Trinajstić information content (AvgIpc) is 3.59. The van der Waals surface area contributed by atoms with Crippen molar-refractivity contribution >= 4 is 35.3 Å². The Balaban J connectivity index is 1.49. The minimum absolute atomic E-state index is 0.0195. The summed E-state index contributed by atoms with van der Waals surface area (Å²) in [5.41, 5.74) is 3.17. The molecular formula is C25H29N7O3. The molecule has 0 bridgehead atoms. The predicted octanol–water partition coefficient (Wildman–Crippen LogP) is 3.41. The Morgan fingerprint density at radius 3 is 2.71 bits per heavy atom. The molecular weight excluding hydrogens is 446 g/mol. The van der Waals surface area contributed by atoms with E-state index in [-0.39, 0.29) is 17.9 Å². The number of nitrogens with one attached hydrogen (secondary N) is 4. The summed E-state index contributed by atoms with van der Waals surface area (Å²) in [6.07, 6.45) is 3.72. The summed E-state index contributed by atoms with van der Waals surface area (Å²) in [5.74, 6) is 1.94. The van der Waals surface area contributed by atoms with Gasteiger partial charge in [0.2, 0.25) is 5.91 Å². The Labute approximate surface area is 203 Å². The third kappa shape index (κ3) is 5.03. The molecule has 0 spiro atoms. The van der Waals surface area contributed by atoms with Crippen molar-refractivity contribution in [3.05, 3.63) is 48.2 Å². The fraction of sp³-hybridized carbons (Fsp3) is 0.360. The molecule has 182 valence electrons. The fourth-order valence-corrected chi connectivity index (χ4v) is 4.41. The van der Waals surface area contributed by atoms with Gasteiger partial charge in [-0.25, -0.2) is 4.98 Å². The first-order valence-electron chi connectivity index (χ1n) is 11.8. The first-order chi connectivity index (χ1) is 17.1. The van der Waals surface area contributed by atoms with Crippen LogP contribution < -0.4 is 15.5 Å². The summed E-state index contributed by atoms with van der Waals surface area (Å²) in [7, 11) is 0. The van der Waals surface area contributed by atoms with Crippen molar-refractivity contribution < 1.29 is 14.3 Å². The lowest BCUT2D eigenvalue weighted by molar-refractivity contribution is -0.119. The van der Waals surface area contributed by atoms with Crippen LogP contribution in [0, 0.1) is 11.3 Å². The molecule has 2 atom stereocenters. The molecule has 2 fully saturated rings. The maximum atomic E-state index is 12.5. The van der Waals surface area contributed by atoms with Gasteiger partial charge in [0.05, 0.1) is 38.0 Å². The van der Waals surface area contributed by atoms with E-state index in [1.54, 1.807) is 6.20 Å². The number of ether oxygens (including phenoxy) is 2. The lowest BCUT2D eigenvalue weighted by Crippen LogP contribution is -2.44. The monoisotopic (exact) mass is 475 g/mol. The number of morpholine rings is 1. The number of rotatable bonds is 7. The highest BCUT2D eigenvalue weighted by Gasteiger charge is 2.25. The molecule has 1 amide bonds. The van der Waals surface area contributed by atoms with Crippen molar-refractivity contribution in [2.24, 2.45) is 5.92 Å². The summed E-state index contributed by atoms with van der Waals surface area (Å²) in [5, 5.41) is 21.3. The van der Waals surface area contributed by atoms with Crippen molar-refractivity contribution in [2.75, 3.05) is 48.5 Å². The summed E-state index contributed by atoms with van der Waals surface area (Å²) in [6.45, 7) is 5.21. The van der Waals surface area contributed by atoms with Crippen LogP contribution in [0.5, 0.6) is 0 Å². The van der Waals surface area contributed by atoms with E-state index >= 15 is 0 Å². The van der Waals surface area contributed by atoms with Crippen LogP contribution in [0.4, 0.5) is 23.1 Å². The van der Waals surface area contributed by atoms with Crippen molar-refractivity contribution in [3.63, 3.8) is 0 Å². The van der Waals surface area contributed by atoms with Crippen LogP contribution >= 0.6 is 0 Å². The normalized spacial score (nSPS) is 20.0. The van der Waals surface area contributed by atoms with Gasteiger partial charge in [-0.2, -0.15) is 5.10 Å². The van der Waals surface area contributed by atoms with Crippen LogP contribution in [0.25, 0.3) is 11.1 Å². The Morgan fingerprint density at radius 1 is 1.20 bits per heavy atom. The Kier molecular flexibility index (Phi) is 6.73. The highest BCUT2D eigenvalue weighted by atomic mass is 16.5. The van der Waals surface area contributed by atoms with Gasteiger partial charge in [0.15, 0.2) is 0 Å². The van der Waals surface area contributed by atoms with E-state index in [4.69, 9.17) is 19.9 Å². The molecule has 0 saturated carbocycles. The quantitative estimate of drug-likeness (QED) is 0.386. The molecule has 1 unspecified atom stereocenters. The first kappa shape index (κ1) is 23.0. The summed E-state index contributed by atoms with van der Waals surface area (Å²) >= 11 is 0. The SMILES string of the molecule is C[C@@H]1COCCN1c1cc(-c2ccc(NC(=O)C3CCOC3)cc2)c(C=N)c(Nc2ccn[nH]2)n1. The van der Waals surface area contributed by atoms with Gasteiger partial charge in [0.1, 0.15) is 17.5 Å². The molecule has 2 aliphatic heterocycles. The number of anilines is 4. The number of H-pyrrole nitrogens is 1. The molecule has 4 heterocycles. The molecule has 10 heteroatoms. The van der Waals surface area contributed by atoms with E-state index in [9.17, 15) is 4.79 Å². The third-order valence-electron chi connectivity index (χ3n) is 6.37. The van der Waals surface area contributed by atoms with E-state index in [1.807, 2.05) is 36.4 Å². The molecule has 4 N–H and O–H groups in total. The molecule has 3 aromatic rings. The molecule has 0 aliphatic carbocycles. The van der Waals surface area contributed by atoms with Crippen LogP contribution in [0.1, 0.15) is 18.9 Å². The number of carbonyl (C=O) groups is 1. The Hall–Kier alpha value is -3.76. The molecule has 5 rings (SSSR count). The molecule has 2 aliphatic rings. The van der Waals surface area contributed by atoms with E-state index in [1.165, 1.54) is 6.21 Å². The van der Waals surface area contributed by atoms with Crippen molar-refractivity contribution in [2.45, 2.75) is 19.4 Å². The highest BCUT2D eigenvalue weighted by Crippen LogP contribution is 2.34. The molecule has 10 nitrogen and oxygen atoms in total.